The average molecular weight is 446 g/mol. The fourth-order valence-electron chi connectivity index (χ4n) is 9.47. The molecule has 1 saturated heterocycles. The Hall–Kier alpha value is -0.610. The van der Waals surface area contributed by atoms with Gasteiger partial charge in [0.25, 0.3) is 0 Å². The van der Waals surface area contributed by atoms with E-state index >= 15 is 0 Å². The van der Waals surface area contributed by atoms with Crippen LogP contribution < -0.4 is 0 Å². The van der Waals surface area contributed by atoms with Gasteiger partial charge in [-0.25, -0.2) is 0 Å². The molecular formula is C28H47NO3. The van der Waals surface area contributed by atoms with Gasteiger partial charge < -0.3 is 15.1 Å². The summed E-state index contributed by atoms with van der Waals surface area (Å²) in [7, 11) is 0. The molecule has 2 N–H and O–H groups in total. The standard InChI is InChI=1S/C28H47NO3/c1-27-16-15-24(30)25(31)23(27)13-12-20-21(27)14-17-28(2)22(20)11-7-4-8-18-29(28)26(32)19-9-5-3-6-10-19/h19-25,30-31H,3-18H2,1-2H3/t20-,21?,22+,23?,24+,25-,27-,28+/m1/s1. The molecule has 5 rings (SSSR count). The smallest absolute Gasteiger partial charge is 0.226 e. The lowest BCUT2D eigenvalue weighted by Gasteiger charge is -2.64. The van der Waals surface area contributed by atoms with Gasteiger partial charge in [0.1, 0.15) is 0 Å². The molecule has 1 aliphatic heterocycles. The Morgan fingerprint density at radius 3 is 2.25 bits per heavy atom. The van der Waals surface area contributed by atoms with Crippen molar-refractivity contribution < 1.29 is 15.0 Å². The zero-order chi connectivity index (χ0) is 22.5. The molecule has 1 heterocycles. The van der Waals surface area contributed by atoms with Crippen molar-refractivity contribution in [3.63, 3.8) is 0 Å². The molecule has 32 heavy (non-hydrogen) atoms. The molecule has 0 spiro atoms. The highest BCUT2D eigenvalue weighted by molar-refractivity contribution is 5.80. The number of carbonyl (C=O) groups is 1. The van der Waals surface area contributed by atoms with E-state index in [2.05, 4.69) is 18.7 Å². The van der Waals surface area contributed by atoms with Crippen LogP contribution in [0.5, 0.6) is 0 Å². The minimum Gasteiger partial charge on any atom is -0.390 e. The highest BCUT2D eigenvalue weighted by Crippen LogP contribution is 2.63. The van der Waals surface area contributed by atoms with Crippen molar-refractivity contribution in [3.05, 3.63) is 0 Å². The van der Waals surface area contributed by atoms with Gasteiger partial charge in [-0.2, -0.15) is 0 Å². The quantitative estimate of drug-likeness (QED) is 0.575. The first-order chi connectivity index (χ1) is 15.4. The monoisotopic (exact) mass is 445 g/mol. The number of nitrogens with zero attached hydrogens (tertiary/aromatic N) is 1. The topological polar surface area (TPSA) is 60.8 Å². The number of amides is 1. The molecule has 5 fully saturated rings. The summed E-state index contributed by atoms with van der Waals surface area (Å²) in [5.74, 6) is 2.88. The van der Waals surface area contributed by atoms with Gasteiger partial charge in [0.05, 0.1) is 12.2 Å². The second-order valence-electron chi connectivity index (χ2n) is 12.7. The first-order valence-corrected chi connectivity index (χ1v) is 14.0. The summed E-state index contributed by atoms with van der Waals surface area (Å²) < 4.78 is 0. The highest BCUT2D eigenvalue weighted by atomic mass is 16.3. The van der Waals surface area contributed by atoms with Gasteiger partial charge >= 0.3 is 0 Å². The van der Waals surface area contributed by atoms with Crippen LogP contribution >= 0.6 is 0 Å². The molecule has 182 valence electrons. The number of carbonyl (C=O) groups excluding carboxylic acids is 1. The predicted octanol–water partition coefficient (Wildman–Crippen LogP) is 5.30. The zero-order valence-electron chi connectivity index (χ0n) is 20.6. The van der Waals surface area contributed by atoms with Gasteiger partial charge in [-0.3, -0.25) is 4.79 Å². The molecule has 0 aromatic carbocycles. The van der Waals surface area contributed by atoms with E-state index in [4.69, 9.17) is 0 Å². The number of aliphatic hydroxyl groups is 2. The second kappa shape index (κ2) is 8.87. The van der Waals surface area contributed by atoms with E-state index in [0.717, 1.165) is 45.1 Å². The van der Waals surface area contributed by atoms with Gasteiger partial charge in [0, 0.05) is 18.0 Å². The van der Waals surface area contributed by atoms with Crippen molar-refractivity contribution in [2.45, 2.75) is 128 Å². The Bertz CT molecular complexity index is 690. The van der Waals surface area contributed by atoms with Crippen LogP contribution in [0.3, 0.4) is 0 Å². The van der Waals surface area contributed by atoms with E-state index in [1.807, 2.05) is 0 Å². The molecule has 0 bridgehead atoms. The molecule has 0 aromatic rings. The third-order valence-electron chi connectivity index (χ3n) is 11.3. The average Bonchev–Trinajstić information content (AvgIpc) is 2.78. The first kappa shape index (κ1) is 23.1. The Morgan fingerprint density at radius 2 is 1.47 bits per heavy atom. The number of hydrogen-bond acceptors (Lipinski definition) is 3. The van der Waals surface area contributed by atoms with E-state index in [1.165, 1.54) is 57.8 Å². The molecule has 5 aliphatic rings. The van der Waals surface area contributed by atoms with Gasteiger partial charge in [-0.1, -0.05) is 39.0 Å². The van der Waals surface area contributed by atoms with Crippen LogP contribution in [0.2, 0.25) is 0 Å². The maximum Gasteiger partial charge on any atom is 0.226 e. The highest BCUT2D eigenvalue weighted by Gasteiger charge is 2.60. The van der Waals surface area contributed by atoms with Crippen LogP contribution in [-0.4, -0.2) is 45.3 Å². The largest absolute Gasteiger partial charge is 0.390 e. The Balaban J connectivity index is 1.43. The summed E-state index contributed by atoms with van der Waals surface area (Å²) in [5, 5.41) is 21.2. The number of rotatable bonds is 1. The minimum atomic E-state index is -0.551. The van der Waals surface area contributed by atoms with Crippen LogP contribution in [0, 0.1) is 35.0 Å². The van der Waals surface area contributed by atoms with Crippen LogP contribution in [0.15, 0.2) is 0 Å². The SMILES string of the molecule is C[C@]12CC[C@H](O)[C@H](O)C1CC[C@@H]1C2CC[C@@]2(C)[C@H]1CCCCCN2C(=O)C1CCCCC1. The predicted molar refractivity (Wildman–Crippen MR) is 127 cm³/mol. The van der Waals surface area contributed by atoms with Gasteiger partial charge in [-0.15, -0.1) is 0 Å². The molecule has 4 aliphatic carbocycles. The number of hydrogen-bond donors (Lipinski definition) is 2. The number of likely N-dealkylation sites (tertiary alicyclic amines) is 1. The molecule has 4 saturated carbocycles. The summed E-state index contributed by atoms with van der Waals surface area (Å²) in [6.07, 6.45) is 16.1. The fraction of sp³-hybridized carbons (Fsp3) is 0.964. The summed E-state index contributed by atoms with van der Waals surface area (Å²) in [5.41, 5.74) is 0.148. The summed E-state index contributed by atoms with van der Waals surface area (Å²) in [6, 6.07) is 0. The first-order valence-electron chi connectivity index (χ1n) is 14.0. The second-order valence-corrected chi connectivity index (χ2v) is 12.7. The van der Waals surface area contributed by atoms with Crippen molar-refractivity contribution in [1.29, 1.82) is 0 Å². The van der Waals surface area contributed by atoms with Crippen LogP contribution in [0.25, 0.3) is 0 Å². The molecule has 2 unspecified atom stereocenters. The summed E-state index contributed by atoms with van der Waals surface area (Å²) in [4.78, 5) is 16.3. The van der Waals surface area contributed by atoms with Gasteiger partial charge in [-0.05, 0) is 100 Å². The zero-order valence-corrected chi connectivity index (χ0v) is 20.6. The molecule has 0 radical (unpaired) electrons. The van der Waals surface area contributed by atoms with Gasteiger partial charge in [0.15, 0.2) is 0 Å². The normalized spacial score (nSPS) is 48.1. The van der Waals surface area contributed by atoms with Crippen molar-refractivity contribution in [2.75, 3.05) is 6.54 Å². The molecule has 4 nitrogen and oxygen atoms in total. The summed E-state index contributed by atoms with van der Waals surface area (Å²) in [6.45, 7) is 5.85. The molecule has 1 amide bonds. The van der Waals surface area contributed by atoms with Crippen molar-refractivity contribution >= 4 is 5.91 Å². The van der Waals surface area contributed by atoms with Crippen molar-refractivity contribution in [3.8, 4) is 0 Å². The van der Waals surface area contributed by atoms with E-state index < -0.39 is 12.2 Å². The maximum atomic E-state index is 13.9. The van der Waals surface area contributed by atoms with Crippen molar-refractivity contribution in [1.82, 2.24) is 4.90 Å². The van der Waals surface area contributed by atoms with E-state index in [9.17, 15) is 15.0 Å². The van der Waals surface area contributed by atoms with Crippen LogP contribution in [0.1, 0.15) is 110 Å². The van der Waals surface area contributed by atoms with Gasteiger partial charge in [0.2, 0.25) is 5.91 Å². The molecular weight excluding hydrogens is 398 g/mol. The Kier molecular flexibility index (Phi) is 6.42. The lowest BCUT2D eigenvalue weighted by Crippen LogP contribution is -2.65. The Morgan fingerprint density at radius 1 is 0.750 bits per heavy atom. The lowest BCUT2D eigenvalue weighted by atomic mass is 9.45. The van der Waals surface area contributed by atoms with Crippen LogP contribution in [-0.2, 0) is 4.79 Å². The number of fused-ring (bicyclic) bond motifs is 5. The number of aliphatic hydroxyl groups excluding tert-OH is 2. The molecule has 0 aromatic heterocycles. The van der Waals surface area contributed by atoms with E-state index in [-0.39, 0.29) is 22.8 Å². The van der Waals surface area contributed by atoms with E-state index in [1.54, 1.807) is 0 Å². The molecule has 4 heteroatoms. The molecule has 8 atom stereocenters. The van der Waals surface area contributed by atoms with Crippen LogP contribution in [0.4, 0.5) is 0 Å². The third kappa shape index (κ3) is 3.67. The van der Waals surface area contributed by atoms with E-state index in [0.29, 0.717) is 23.7 Å². The summed E-state index contributed by atoms with van der Waals surface area (Å²) >= 11 is 0. The Labute approximate surface area is 195 Å². The third-order valence-corrected chi connectivity index (χ3v) is 11.3. The maximum absolute atomic E-state index is 13.9. The minimum absolute atomic E-state index is 0.00606. The lowest BCUT2D eigenvalue weighted by molar-refractivity contribution is -0.184. The van der Waals surface area contributed by atoms with Crippen molar-refractivity contribution in [2.24, 2.45) is 35.0 Å². The fourth-order valence-corrected chi connectivity index (χ4v) is 9.47.